The van der Waals surface area contributed by atoms with Gasteiger partial charge in [0, 0.05) is 36.9 Å². The third-order valence-electron chi connectivity index (χ3n) is 6.58. The highest BCUT2D eigenvalue weighted by atomic mass is 16.5. The van der Waals surface area contributed by atoms with E-state index in [0.717, 1.165) is 39.1 Å². The zero-order valence-electron chi connectivity index (χ0n) is 22.4. The van der Waals surface area contributed by atoms with Crippen molar-refractivity contribution in [3.05, 3.63) is 108 Å². The summed E-state index contributed by atoms with van der Waals surface area (Å²) in [5.74, 6) is 1.22. The number of benzene rings is 2. The number of nitrogens with one attached hydrogen (secondary N) is 2. The van der Waals surface area contributed by atoms with E-state index in [-0.39, 0.29) is 11.9 Å². The Labute approximate surface area is 227 Å². The van der Waals surface area contributed by atoms with E-state index in [0.29, 0.717) is 23.6 Å². The average Bonchev–Trinajstić information content (AvgIpc) is 3.34. The summed E-state index contributed by atoms with van der Waals surface area (Å²) in [5, 5.41) is 6.52. The normalized spacial score (nSPS) is 11.7. The molecule has 0 saturated carbocycles. The predicted octanol–water partition coefficient (Wildman–Crippen LogP) is 6.23. The van der Waals surface area contributed by atoms with Crippen LogP contribution in [-0.2, 0) is 6.54 Å². The molecule has 5 aromatic rings. The fourth-order valence-corrected chi connectivity index (χ4v) is 4.56. The van der Waals surface area contributed by atoms with Gasteiger partial charge < -0.3 is 24.7 Å². The van der Waals surface area contributed by atoms with Crippen molar-refractivity contribution in [3.8, 4) is 11.5 Å². The van der Waals surface area contributed by atoms with Gasteiger partial charge in [0.05, 0.1) is 42.7 Å². The van der Waals surface area contributed by atoms with Crippen LogP contribution in [0.15, 0.2) is 85.5 Å². The van der Waals surface area contributed by atoms with Crippen molar-refractivity contribution in [2.24, 2.45) is 0 Å². The summed E-state index contributed by atoms with van der Waals surface area (Å²) in [6.45, 7) is 4.66. The third kappa shape index (κ3) is 5.85. The lowest BCUT2D eigenvalue weighted by molar-refractivity contribution is 0.102. The topological polar surface area (TPSA) is 90.3 Å². The Morgan fingerprint density at radius 3 is 2.59 bits per heavy atom. The Morgan fingerprint density at radius 2 is 1.79 bits per heavy atom. The molecule has 0 radical (unpaired) electrons. The van der Waals surface area contributed by atoms with Gasteiger partial charge in [-0.05, 0) is 73.0 Å². The van der Waals surface area contributed by atoms with E-state index in [2.05, 4.69) is 38.2 Å². The molecule has 3 heterocycles. The quantitative estimate of drug-likeness (QED) is 0.239. The number of rotatable bonds is 9. The molecule has 1 atom stereocenters. The van der Waals surface area contributed by atoms with E-state index < -0.39 is 0 Å². The van der Waals surface area contributed by atoms with E-state index in [1.165, 1.54) is 0 Å². The molecular formula is C31H31N5O3. The van der Waals surface area contributed by atoms with Gasteiger partial charge in [0.1, 0.15) is 0 Å². The molecular weight excluding hydrogens is 490 g/mol. The largest absolute Gasteiger partial charge is 0.493 e. The van der Waals surface area contributed by atoms with Gasteiger partial charge in [-0.25, -0.2) is 0 Å². The zero-order chi connectivity index (χ0) is 27.4. The Kier molecular flexibility index (Phi) is 7.45. The molecule has 0 aliphatic rings. The summed E-state index contributed by atoms with van der Waals surface area (Å²) in [5.41, 5.74) is 7.18. The van der Waals surface area contributed by atoms with Gasteiger partial charge in [0.15, 0.2) is 11.5 Å². The molecule has 0 fully saturated rings. The number of amides is 1. The van der Waals surface area contributed by atoms with Gasteiger partial charge >= 0.3 is 0 Å². The van der Waals surface area contributed by atoms with Crippen LogP contribution in [0.2, 0.25) is 0 Å². The first-order chi connectivity index (χ1) is 18.9. The number of hydrogen-bond acceptors (Lipinski definition) is 6. The van der Waals surface area contributed by atoms with Gasteiger partial charge in [-0.1, -0.05) is 18.2 Å². The van der Waals surface area contributed by atoms with E-state index in [4.69, 9.17) is 9.47 Å². The molecule has 8 nitrogen and oxygen atoms in total. The Morgan fingerprint density at radius 1 is 0.949 bits per heavy atom. The first kappa shape index (κ1) is 25.8. The second-order valence-electron chi connectivity index (χ2n) is 9.46. The molecule has 198 valence electrons. The molecule has 39 heavy (non-hydrogen) atoms. The Balaban J connectivity index is 1.31. The average molecular weight is 522 g/mol. The van der Waals surface area contributed by atoms with Gasteiger partial charge in [-0.2, -0.15) is 0 Å². The second kappa shape index (κ2) is 11.3. The maximum Gasteiger partial charge on any atom is 0.257 e. The Bertz CT molecular complexity index is 1630. The number of carbonyl (C=O) groups is 1. The van der Waals surface area contributed by atoms with Crippen LogP contribution in [0, 0.1) is 6.92 Å². The van der Waals surface area contributed by atoms with Crippen molar-refractivity contribution in [3.63, 3.8) is 0 Å². The summed E-state index contributed by atoms with van der Waals surface area (Å²) < 4.78 is 13.0. The van der Waals surface area contributed by atoms with Gasteiger partial charge in [0.25, 0.3) is 5.91 Å². The summed E-state index contributed by atoms with van der Waals surface area (Å²) in [4.78, 5) is 21.4. The van der Waals surface area contributed by atoms with Gasteiger partial charge in [-0.3, -0.25) is 14.8 Å². The van der Waals surface area contributed by atoms with Crippen molar-refractivity contribution in [1.82, 2.24) is 14.5 Å². The van der Waals surface area contributed by atoms with Crippen LogP contribution in [0.3, 0.4) is 0 Å². The van der Waals surface area contributed by atoms with Gasteiger partial charge in [-0.15, -0.1) is 0 Å². The molecule has 0 unspecified atom stereocenters. The van der Waals surface area contributed by atoms with Crippen molar-refractivity contribution in [2.75, 3.05) is 24.9 Å². The number of methoxy groups -OCH3 is 2. The van der Waals surface area contributed by atoms with E-state index >= 15 is 0 Å². The van der Waals surface area contributed by atoms with Crippen LogP contribution in [0.25, 0.3) is 11.0 Å². The number of fused-ring (bicyclic) bond motifs is 1. The minimum Gasteiger partial charge on any atom is -0.493 e. The Hall–Kier alpha value is -4.85. The fourth-order valence-electron chi connectivity index (χ4n) is 4.56. The maximum absolute atomic E-state index is 12.7. The number of hydrogen-bond donors (Lipinski definition) is 2. The zero-order valence-corrected chi connectivity index (χ0v) is 22.4. The number of carbonyl (C=O) groups excluding carboxylic acids is 1. The maximum atomic E-state index is 12.7. The van der Waals surface area contributed by atoms with E-state index in [1.54, 1.807) is 26.6 Å². The van der Waals surface area contributed by atoms with Crippen molar-refractivity contribution >= 4 is 28.3 Å². The number of aryl methyl sites for hydroxylation is 1. The first-order valence-corrected chi connectivity index (χ1v) is 12.7. The lowest BCUT2D eigenvalue weighted by Crippen LogP contribution is -2.13. The first-order valence-electron chi connectivity index (χ1n) is 12.7. The molecule has 0 spiro atoms. The summed E-state index contributed by atoms with van der Waals surface area (Å²) in [7, 11) is 3.27. The van der Waals surface area contributed by atoms with Gasteiger partial charge in [0.2, 0.25) is 0 Å². The van der Waals surface area contributed by atoms with Crippen molar-refractivity contribution in [1.29, 1.82) is 0 Å². The lowest BCUT2D eigenvalue weighted by Gasteiger charge is -2.17. The molecule has 0 aliphatic carbocycles. The lowest BCUT2D eigenvalue weighted by atomic mass is 10.1. The number of aromatic nitrogens is 3. The number of nitrogens with zero attached hydrogens (tertiary/aromatic N) is 3. The minimum absolute atomic E-state index is 0.0176. The van der Waals surface area contributed by atoms with Crippen molar-refractivity contribution in [2.45, 2.75) is 26.4 Å². The number of anilines is 2. The molecule has 1 amide bonds. The predicted molar refractivity (Wildman–Crippen MR) is 154 cm³/mol. The summed E-state index contributed by atoms with van der Waals surface area (Å²) >= 11 is 0. The molecule has 2 aromatic carbocycles. The fraction of sp³-hybridized carbons (Fsp3) is 0.194. The number of pyridine rings is 2. The van der Waals surface area contributed by atoms with E-state index in [9.17, 15) is 4.79 Å². The number of ether oxygens (including phenoxy) is 2. The molecule has 2 N–H and O–H groups in total. The van der Waals surface area contributed by atoms with Crippen molar-refractivity contribution < 1.29 is 14.3 Å². The van der Waals surface area contributed by atoms with Crippen LogP contribution >= 0.6 is 0 Å². The van der Waals surface area contributed by atoms with Crippen LogP contribution < -0.4 is 20.1 Å². The minimum atomic E-state index is -0.186. The highest BCUT2D eigenvalue weighted by Gasteiger charge is 2.12. The summed E-state index contributed by atoms with van der Waals surface area (Å²) in [6.07, 6.45) is 7.18. The highest BCUT2D eigenvalue weighted by molar-refractivity contribution is 6.04. The van der Waals surface area contributed by atoms with E-state index in [1.807, 2.05) is 73.9 Å². The van der Waals surface area contributed by atoms with Crippen LogP contribution in [0.1, 0.15) is 40.0 Å². The molecule has 5 rings (SSSR count). The second-order valence-corrected chi connectivity index (χ2v) is 9.46. The standard InChI is InChI=1S/C31H31N5O3/c1-20-12-24(17-32-16-20)31(37)35-25-7-5-6-23(14-25)21(2)34-26-15-28-27(33-18-26)10-11-36(28)19-22-8-9-29(38-3)30(13-22)39-4/h5-18,21,34H,19H2,1-4H3,(H,35,37)/t21-/m0/s1. The molecule has 8 heteroatoms. The molecule has 0 aliphatic heterocycles. The summed E-state index contributed by atoms with van der Waals surface area (Å²) in [6, 6.07) is 19.7. The van der Waals surface area contributed by atoms with Crippen LogP contribution in [0.5, 0.6) is 11.5 Å². The van der Waals surface area contributed by atoms with Crippen LogP contribution in [-0.4, -0.2) is 34.7 Å². The SMILES string of the molecule is COc1ccc(Cn2ccc3ncc(N[C@@H](C)c4cccc(NC(=O)c5cncc(C)c5)c4)cc32)cc1OC. The molecule has 0 saturated heterocycles. The van der Waals surface area contributed by atoms with Crippen LogP contribution in [0.4, 0.5) is 11.4 Å². The third-order valence-corrected chi connectivity index (χ3v) is 6.58. The molecule has 3 aromatic heterocycles. The molecule has 0 bridgehead atoms. The monoisotopic (exact) mass is 521 g/mol. The smallest absolute Gasteiger partial charge is 0.257 e. The highest BCUT2D eigenvalue weighted by Crippen LogP contribution is 2.29.